The lowest BCUT2D eigenvalue weighted by Crippen LogP contribution is -2.26. The predicted octanol–water partition coefficient (Wildman–Crippen LogP) is 4.97. The van der Waals surface area contributed by atoms with Gasteiger partial charge in [0.25, 0.3) is 0 Å². The van der Waals surface area contributed by atoms with Crippen LogP contribution in [0, 0.1) is 20.8 Å². The van der Waals surface area contributed by atoms with E-state index in [1.165, 1.54) is 38.9 Å². The molecule has 3 heteroatoms. The van der Waals surface area contributed by atoms with Crippen molar-refractivity contribution in [1.82, 2.24) is 14.5 Å². The Morgan fingerprint density at radius 1 is 1.08 bits per heavy atom. The van der Waals surface area contributed by atoms with Crippen molar-refractivity contribution in [1.29, 1.82) is 0 Å². The first-order valence-electron chi connectivity index (χ1n) is 9.37. The summed E-state index contributed by atoms with van der Waals surface area (Å²) < 4.78 is 2.43. The van der Waals surface area contributed by atoms with Gasteiger partial charge in [0.1, 0.15) is 0 Å². The predicted molar refractivity (Wildman–Crippen MR) is 110 cm³/mol. The topological polar surface area (TPSA) is 21.1 Å². The van der Waals surface area contributed by atoms with Crippen molar-refractivity contribution in [2.45, 2.75) is 40.7 Å². The average molecular weight is 345 g/mol. The number of nitrogens with zero attached hydrogens (tertiary/aromatic N) is 3. The van der Waals surface area contributed by atoms with Crippen LogP contribution in [0.5, 0.6) is 0 Å². The number of pyridine rings is 1. The van der Waals surface area contributed by atoms with Crippen molar-refractivity contribution in [3.05, 3.63) is 64.1 Å². The highest BCUT2D eigenvalue weighted by Crippen LogP contribution is 2.32. The molecule has 0 amide bonds. The van der Waals surface area contributed by atoms with Crippen LogP contribution < -0.4 is 0 Å². The van der Waals surface area contributed by atoms with Crippen LogP contribution in [0.2, 0.25) is 0 Å². The lowest BCUT2D eigenvalue weighted by molar-refractivity contribution is 0.312. The molecular formula is C23H27N3. The van der Waals surface area contributed by atoms with Gasteiger partial charge < -0.3 is 9.47 Å². The average Bonchev–Trinajstić information content (AvgIpc) is 2.86. The number of hydrogen-bond donors (Lipinski definition) is 0. The van der Waals surface area contributed by atoms with Gasteiger partial charge in [0, 0.05) is 48.2 Å². The zero-order valence-corrected chi connectivity index (χ0v) is 16.4. The second kappa shape index (κ2) is 6.40. The summed E-state index contributed by atoms with van der Waals surface area (Å²) in [6.07, 6.45) is 3.41. The number of rotatable bonds is 2. The van der Waals surface area contributed by atoms with Crippen LogP contribution in [0.25, 0.3) is 22.7 Å². The monoisotopic (exact) mass is 345 g/mol. The van der Waals surface area contributed by atoms with E-state index < -0.39 is 0 Å². The minimum Gasteiger partial charge on any atom is -0.320 e. The SMILES string of the molecule is CC(=Cn1c2c(c3cc(C)ccc31)CN(C)CC2)c1cc(C)nc(C)c1. The molecule has 0 atom stereocenters. The first kappa shape index (κ1) is 17.0. The number of hydrogen-bond acceptors (Lipinski definition) is 2. The van der Waals surface area contributed by atoms with Gasteiger partial charge in [0.05, 0.1) is 5.52 Å². The maximum absolute atomic E-state index is 4.51. The molecule has 0 unspecified atom stereocenters. The normalized spacial score (nSPS) is 15.5. The highest BCUT2D eigenvalue weighted by atomic mass is 15.1. The van der Waals surface area contributed by atoms with Crippen molar-refractivity contribution in [3.63, 3.8) is 0 Å². The maximum atomic E-state index is 4.51. The summed E-state index contributed by atoms with van der Waals surface area (Å²) >= 11 is 0. The van der Waals surface area contributed by atoms with Gasteiger partial charge in [-0.05, 0) is 75.7 Å². The maximum Gasteiger partial charge on any atom is 0.0529 e. The zero-order valence-electron chi connectivity index (χ0n) is 16.4. The molecule has 0 aliphatic carbocycles. The third-order valence-electron chi connectivity index (χ3n) is 5.39. The minimum absolute atomic E-state index is 1.03. The largest absolute Gasteiger partial charge is 0.320 e. The van der Waals surface area contributed by atoms with Crippen molar-refractivity contribution in [3.8, 4) is 0 Å². The quantitative estimate of drug-likeness (QED) is 0.654. The van der Waals surface area contributed by atoms with E-state index in [0.29, 0.717) is 0 Å². The molecule has 1 aromatic carbocycles. The highest BCUT2D eigenvalue weighted by Gasteiger charge is 2.21. The van der Waals surface area contributed by atoms with Crippen molar-refractivity contribution in [2.24, 2.45) is 0 Å². The van der Waals surface area contributed by atoms with Crippen LogP contribution in [-0.2, 0) is 13.0 Å². The molecule has 0 N–H and O–H groups in total. The van der Waals surface area contributed by atoms with E-state index in [9.17, 15) is 0 Å². The van der Waals surface area contributed by atoms with E-state index in [2.05, 4.69) is 85.7 Å². The highest BCUT2D eigenvalue weighted by molar-refractivity contribution is 5.90. The van der Waals surface area contributed by atoms with Crippen LogP contribution >= 0.6 is 0 Å². The van der Waals surface area contributed by atoms with Crippen molar-refractivity contribution >= 4 is 22.7 Å². The van der Waals surface area contributed by atoms with E-state index in [1.807, 2.05) is 0 Å². The third-order valence-corrected chi connectivity index (χ3v) is 5.39. The number of fused-ring (bicyclic) bond motifs is 3. The second-order valence-corrected chi connectivity index (χ2v) is 7.75. The van der Waals surface area contributed by atoms with Crippen molar-refractivity contribution < 1.29 is 0 Å². The van der Waals surface area contributed by atoms with E-state index in [4.69, 9.17) is 0 Å². The van der Waals surface area contributed by atoms with Crippen LogP contribution in [0.1, 0.15) is 40.7 Å². The summed E-state index contributed by atoms with van der Waals surface area (Å²) in [5.74, 6) is 0. The second-order valence-electron chi connectivity index (χ2n) is 7.75. The van der Waals surface area contributed by atoms with Crippen LogP contribution in [0.15, 0.2) is 30.3 Å². The third kappa shape index (κ3) is 2.97. The summed E-state index contributed by atoms with van der Waals surface area (Å²) in [7, 11) is 2.21. The fourth-order valence-electron chi connectivity index (χ4n) is 4.12. The molecule has 0 saturated carbocycles. The Morgan fingerprint density at radius 2 is 1.81 bits per heavy atom. The number of aromatic nitrogens is 2. The number of benzene rings is 1. The molecule has 1 aliphatic rings. The summed E-state index contributed by atoms with van der Waals surface area (Å²) in [5, 5.41) is 1.40. The molecule has 3 aromatic rings. The molecule has 2 aromatic heterocycles. The van der Waals surface area contributed by atoms with Crippen LogP contribution in [0.3, 0.4) is 0 Å². The Bertz CT molecular complexity index is 1000. The number of allylic oxidation sites excluding steroid dienone is 1. The molecule has 0 radical (unpaired) electrons. The van der Waals surface area contributed by atoms with Gasteiger partial charge in [-0.2, -0.15) is 0 Å². The molecular weight excluding hydrogens is 318 g/mol. The van der Waals surface area contributed by atoms with Gasteiger partial charge in [0.15, 0.2) is 0 Å². The van der Waals surface area contributed by atoms with E-state index in [1.54, 1.807) is 0 Å². The van der Waals surface area contributed by atoms with E-state index in [-0.39, 0.29) is 0 Å². The van der Waals surface area contributed by atoms with Crippen molar-refractivity contribution in [2.75, 3.05) is 13.6 Å². The first-order chi connectivity index (χ1) is 12.4. The minimum atomic E-state index is 1.03. The van der Waals surface area contributed by atoms with Gasteiger partial charge in [-0.3, -0.25) is 4.98 Å². The van der Waals surface area contributed by atoms with E-state index >= 15 is 0 Å². The molecule has 0 saturated heterocycles. The van der Waals surface area contributed by atoms with Crippen LogP contribution in [0.4, 0.5) is 0 Å². The summed E-state index contributed by atoms with van der Waals surface area (Å²) in [6, 6.07) is 11.2. The summed E-state index contributed by atoms with van der Waals surface area (Å²) in [5.41, 5.74) is 10.3. The van der Waals surface area contributed by atoms with Gasteiger partial charge in [-0.25, -0.2) is 0 Å². The lowest BCUT2D eigenvalue weighted by atomic mass is 10.0. The molecule has 0 spiro atoms. The molecule has 4 rings (SSSR count). The Labute approximate surface area is 156 Å². The molecule has 1 aliphatic heterocycles. The lowest BCUT2D eigenvalue weighted by Gasteiger charge is -2.23. The fourth-order valence-corrected chi connectivity index (χ4v) is 4.12. The smallest absolute Gasteiger partial charge is 0.0529 e. The zero-order chi connectivity index (χ0) is 18.4. The molecule has 3 nitrogen and oxygen atoms in total. The standard InChI is InChI=1S/C23H27N3/c1-15-6-7-22-20(10-15)21-14-25(5)9-8-23(21)26(22)13-16(2)19-11-17(3)24-18(4)12-19/h6-7,10-13H,8-9,14H2,1-5H3. The summed E-state index contributed by atoms with van der Waals surface area (Å²) in [4.78, 5) is 6.93. The molecule has 134 valence electrons. The Morgan fingerprint density at radius 3 is 2.54 bits per heavy atom. The van der Waals surface area contributed by atoms with E-state index in [0.717, 1.165) is 30.9 Å². The number of likely N-dealkylation sites (N-methyl/N-ethyl adjacent to an activating group) is 1. The Hall–Kier alpha value is -2.39. The Balaban J connectivity index is 1.91. The molecule has 0 bridgehead atoms. The molecule has 26 heavy (non-hydrogen) atoms. The van der Waals surface area contributed by atoms with Gasteiger partial charge in [-0.1, -0.05) is 11.6 Å². The summed E-state index contributed by atoms with van der Waals surface area (Å²) in [6.45, 7) is 10.7. The molecule has 0 fully saturated rings. The fraction of sp³-hybridized carbons (Fsp3) is 0.348. The molecule has 3 heterocycles. The van der Waals surface area contributed by atoms with Gasteiger partial charge in [0.2, 0.25) is 0 Å². The van der Waals surface area contributed by atoms with Gasteiger partial charge >= 0.3 is 0 Å². The first-order valence-corrected chi connectivity index (χ1v) is 9.37. The Kier molecular flexibility index (Phi) is 4.20. The number of aryl methyl sites for hydroxylation is 3. The van der Waals surface area contributed by atoms with Gasteiger partial charge in [-0.15, -0.1) is 0 Å². The van der Waals surface area contributed by atoms with Crippen LogP contribution in [-0.4, -0.2) is 28.0 Å².